The summed E-state index contributed by atoms with van der Waals surface area (Å²) in [4.78, 5) is 24.7. The van der Waals surface area contributed by atoms with E-state index in [1.54, 1.807) is 37.3 Å². The van der Waals surface area contributed by atoms with E-state index in [0.29, 0.717) is 27.7 Å². The van der Waals surface area contributed by atoms with Gasteiger partial charge in [0.25, 0.3) is 5.91 Å². The highest BCUT2D eigenvalue weighted by Crippen LogP contribution is 2.30. The first-order chi connectivity index (χ1) is 10.9. The lowest BCUT2D eigenvalue weighted by molar-refractivity contribution is -0.134. The quantitative estimate of drug-likeness (QED) is 0.830. The first kappa shape index (κ1) is 15.8. The molecule has 4 nitrogen and oxygen atoms in total. The summed E-state index contributed by atoms with van der Waals surface area (Å²) in [7, 11) is 0. The van der Waals surface area contributed by atoms with Gasteiger partial charge in [0.2, 0.25) is 0 Å². The summed E-state index contributed by atoms with van der Waals surface area (Å²) in [5, 5.41) is 3.44. The van der Waals surface area contributed by atoms with E-state index in [-0.39, 0.29) is 0 Å². The molecular weight excluding hydrogens is 337 g/mol. The van der Waals surface area contributed by atoms with Crippen molar-refractivity contribution in [1.82, 2.24) is 0 Å². The third-order valence-electron chi connectivity index (χ3n) is 3.74. The molecule has 1 heterocycles. The lowest BCUT2D eigenvalue weighted by atomic mass is 9.89. The number of benzene rings is 2. The Hall–Kier alpha value is -2.04. The minimum atomic E-state index is -1.28. The first-order valence-electron chi connectivity index (χ1n) is 6.97. The van der Waals surface area contributed by atoms with Crippen LogP contribution in [0.4, 0.5) is 5.69 Å². The van der Waals surface area contributed by atoms with Crippen LogP contribution in [0.2, 0.25) is 10.0 Å². The summed E-state index contributed by atoms with van der Waals surface area (Å²) < 4.78 is 5.38. The molecule has 0 radical (unpaired) electrons. The molecule has 23 heavy (non-hydrogen) atoms. The van der Waals surface area contributed by atoms with Gasteiger partial charge in [-0.3, -0.25) is 4.79 Å². The molecule has 6 heteroatoms. The van der Waals surface area contributed by atoms with Crippen molar-refractivity contribution in [2.45, 2.75) is 18.9 Å². The number of halogens is 2. The van der Waals surface area contributed by atoms with Crippen LogP contribution in [0.1, 0.15) is 22.8 Å². The number of rotatable bonds is 2. The Bertz CT molecular complexity index is 806. The summed E-state index contributed by atoms with van der Waals surface area (Å²) in [5.41, 5.74) is 0.487. The molecule has 118 valence electrons. The number of fused-ring (bicyclic) bond motifs is 1. The van der Waals surface area contributed by atoms with Crippen molar-refractivity contribution in [3.8, 4) is 0 Å². The van der Waals surface area contributed by atoms with Crippen LogP contribution in [-0.4, -0.2) is 17.5 Å². The van der Waals surface area contributed by atoms with Crippen molar-refractivity contribution in [3.63, 3.8) is 0 Å². The number of carbonyl (C=O) groups is 2. The number of anilines is 1. The van der Waals surface area contributed by atoms with E-state index < -0.39 is 17.5 Å². The lowest BCUT2D eigenvalue weighted by Crippen LogP contribution is -2.48. The summed E-state index contributed by atoms with van der Waals surface area (Å²) in [6.07, 6.45) is 0.308. The van der Waals surface area contributed by atoms with Crippen molar-refractivity contribution in [2.24, 2.45) is 0 Å². The second kappa shape index (κ2) is 5.87. The Kier molecular flexibility index (Phi) is 4.04. The van der Waals surface area contributed by atoms with Crippen LogP contribution in [0.25, 0.3) is 0 Å². The Balaban J connectivity index is 1.84. The van der Waals surface area contributed by atoms with Gasteiger partial charge in [-0.2, -0.15) is 0 Å². The summed E-state index contributed by atoms with van der Waals surface area (Å²) in [6.45, 7) is 1.59. The third kappa shape index (κ3) is 3.05. The summed E-state index contributed by atoms with van der Waals surface area (Å²) in [6, 6.07) is 11.9. The Labute approximate surface area is 143 Å². The van der Waals surface area contributed by atoms with Crippen LogP contribution in [-0.2, 0) is 16.0 Å². The van der Waals surface area contributed by atoms with Gasteiger partial charge in [-0.05, 0) is 36.8 Å². The number of hydrogen-bond acceptors (Lipinski definition) is 3. The van der Waals surface area contributed by atoms with Gasteiger partial charge >= 0.3 is 5.97 Å². The predicted molar refractivity (Wildman–Crippen MR) is 89.1 cm³/mol. The van der Waals surface area contributed by atoms with Crippen molar-refractivity contribution < 1.29 is 14.3 Å². The smallest absolute Gasteiger partial charge is 0.339 e. The van der Waals surface area contributed by atoms with Gasteiger partial charge < -0.3 is 10.1 Å². The predicted octanol–water partition coefficient (Wildman–Crippen LogP) is 4.10. The lowest BCUT2D eigenvalue weighted by Gasteiger charge is -2.33. The fraction of sp³-hybridized carbons (Fsp3) is 0.176. The van der Waals surface area contributed by atoms with E-state index in [1.165, 1.54) is 0 Å². The van der Waals surface area contributed by atoms with Gasteiger partial charge in [-0.15, -0.1) is 0 Å². The second-order valence-electron chi connectivity index (χ2n) is 5.54. The van der Waals surface area contributed by atoms with Gasteiger partial charge in [-0.25, -0.2) is 4.79 Å². The largest absolute Gasteiger partial charge is 0.445 e. The minimum Gasteiger partial charge on any atom is -0.445 e. The molecule has 2 aromatic rings. The highest BCUT2D eigenvalue weighted by atomic mass is 35.5. The Morgan fingerprint density at radius 1 is 1.17 bits per heavy atom. The number of cyclic esters (lactones) is 1. The van der Waals surface area contributed by atoms with E-state index in [1.807, 2.05) is 12.1 Å². The molecular formula is C17H13Cl2NO3. The van der Waals surface area contributed by atoms with Gasteiger partial charge in [-0.1, -0.05) is 41.4 Å². The van der Waals surface area contributed by atoms with E-state index in [9.17, 15) is 9.59 Å². The summed E-state index contributed by atoms with van der Waals surface area (Å²) >= 11 is 11.8. The van der Waals surface area contributed by atoms with Crippen LogP contribution >= 0.6 is 23.2 Å². The van der Waals surface area contributed by atoms with E-state index in [0.717, 1.165) is 5.56 Å². The number of carbonyl (C=O) groups excluding carboxylic acids is 2. The maximum atomic E-state index is 12.6. The number of nitrogens with one attached hydrogen (secondary N) is 1. The first-order valence-corrected chi connectivity index (χ1v) is 7.72. The fourth-order valence-electron chi connectivity index (χ4n) is 2.50. The molecule has 3 rings (SSSR count). The molecule has 0 spiro atoms. The summed E-state index contributed by atoms with van der Waals surface area (Å²) in [5.74, 6) is -0.919. The molecule has 0 fully saturated rings. The van der Waals surface area contributed by atoms with Crippen LogP contribution in [0, 0.1) is 0 Å². The van der Waals surface area contributed by atoms with Gasteiger partial charge in [0, 0.05) is 12.1 Å². The van der Waals surface area contributed by atoms with Crippen molar-refractivity contribution in [1.29, 1.82) is 0 Å². The molecule has 1 atom stereocenters. The third-order valence-corrected chi connectivity index (χ3v) is 4.48. The molecule has 0 aliphatic carbocycles. The molecule has 0 unspecified atom stereocenters. The SMILES string of the molecule is C[C@]1(C(=O)Nc2ccc(Cl)c(Cl)c2)Cc2ccccc2C(=O)O1. The highest BCUT2D eigenvalue weighted by Gasteiger charge is 2.42. The molecule has 0 saturated carbocycles. The van der Waals surface area contributed by atoms with E-state index >= 15 is 0 Å². The van der Waals surface area contributed by atoms with E-state index in [2.05, 4.69) is 5.32 Å². The second-order valence-corrected chi connectivity index (χ2v) is 6.35. The van der Waals surface area contributed by atoms with Crippen LogP contribution in [0.5, 0.6) is 0 Å². The fourth-order valence-corrected chi connectivity index (χ4v) is 2.79. The molecule has 1 amide bonds. The zero-order valence-corrected chi connectivity index (χ0v) is 13.7. The maximum Gasteiger partial charge on any atom is 0.339 e. The highest BCUT2D eigenvalue weighted by molar-refractivity contribution is 6.42. The van der Waals surface area contributed by atoms with Crippen LogP contribution < -0.4 is 5.32 Å². The number of esters is 1. The molecule has 0 bridgehead atoms. The maximum absolute atomic E-state index is 12.6. The molecule has 1 aliphatic heterocycles. The average molecular weight is 350 g/mol. The Morgan fingerprint density at radius 2 is 1.91 bits per heavy atom. The number of ether oxygens (including phenoxy) is 1. The van der Waals surface area contributed by atoms with Gasteiger partial charge in [0.1, 0.15) is 0 Å². The number of amides is 1. The molecule has 1 aliphatic rings. The normalized spacial score (nSPS) is 19.7. The van der Waals surface area contributed by atoms with Crippen molar-refractivity contribution >= 4 is 40.8 Å². The standard InChI is InChI=1S/C17H13Cl2NO3/c1-17(9-10-4-2-3-5-12(10)15(21)23-17)16(22)20-11-6-7-13(18)14(19)8-11/h2-8H,9H2,1H3,(H,20,22)/t17-/m1/s1. The molecule has 1 N–H and O–H groups in total. The molecule has 0 aromatic heterocycles. The Morgan fingerprint density at radius 3 is 2.65 bits per heavy atom. The average Bonchev–Trinajstić information content (AvgIpc) is 2.51. The zero-order valence-electron chi connectivity index (χ0n) is 12.2. The zero-order chi connectivity index (χ0) is 16.6. The monoisotopic (exact) mass is 349 g/mol. The minimum absolute atomic E-state index is 0.308. The van der Waals surface area contributed by atoms with Gasteiger partial charge in [0.05, 0.1) is 15.6 Å². The van der Waals surface area contributed by atoms with Crippen molar-refractivity contribution in [2.75, 3.05) is 5.32 Å². The van der Waals surface area contributed by atoms with Crippen LogP contribution in [0.3, 0.4) is 0 Å². The van der Waals surface area contributed by atoms with Gasteiger partial charge in [0.15, 0.2) is 5.60 Å². The van der Waals surface area contributed by atoms with Crippen LogP contribution in [0.15, 0.2) is 42.5 Å². The topological polar surface area (TPSA) is 55.4 Å². The molecule has 2 aromatic carbocycles. The number of hydrogen-bond donors (Lipinski definition) is 1. The molecule has 0 saturated heterocycles. The van der Waals surface area contributed by atoms with Crippen molar-refractivity contribution in [3.05, 3.63) is 63.6 Å². The van der Waals surface area contributed by atoms with E-state index in [4.69, 9.17) is 27.9 Å².